The maximum absolute atomic E-state index is 14.1. The molecule has 1 amide bonds. The van der Waals surface area contributed by atoms with E-state index < -0.39 is 35.5 Å². The first-order valence-corrected chi connectivity index (χ1v) is 8.91. The van der Waals surface area contributed by atoms with E-state index in [9.17, 15) is 18.0 Å². The average Bonchev–Trinajstić information content (AvgIpc) is 3.16. The number of aromatic nitrogens is 2. The molecule has 0 spiro atoms. The lowest BCUT2D eigenvalue weighted by Crippen LogP contribution is -2.47. The SMILES string of the molecule is NC(=O)Cn1cc2c(n1)CN(C1CO[C@H](c3cc(F)c(F)cc3F)C(N)C1)C2. The topological polar surface area (TPSA) is 99.4 Å². The molecule has 2 aliphatic rings. The van der Waals surface area contributed by atoms with Crippen molar-refractivity contribution in [2.45, 2.75) is 44.2 Å². The Hall–Kier alpha value is -2.43. The van der Waals surface area contributed by atoms with Gasteiger partial charge in [-0.3, -0.25) is 14.4 Å². The van der Waals surface area contributed by atoms with E-state index in [1.165, 1.54) is 4.68 Å². The summed E-state index contributed by atoms with van der Waals surface area (Å²) in [6, 6.07) is 0.735. The number of halogens is 3. The second-order valence-electron chi connectivity index (χ2n) is 7.27. The summed E-state index contributed by atoms with van der Waals surface area (Å²) in [7, 11) is 0. The van der Waals surface area contributed by atoms with Gasteiger partial charge < -0.3 is 16.2 Å². The molecule has 0 radical (unpaired) electrons. The van der Waals surface area contributed by atoms with Gasteiger partial charge in [-0.15, -0.1) is 0 Å². The first-order valence-electron chi connectivity index (χ1n) is 8.91. The van der Waals surface area contributed by atoms with Crippen LogP contribution in [0.5, 0.6) is 0 Å². The molecule has 2 unspecified atom stereocenters. The Balaban J connectivity index is 1.41. The van der Waals surface area contributed by atoms with E-state index in [4.69, 9.17) is 16.2 Å². The monoisotopic (exact) mass is 395 g/mol. The molecule has 0 aliphatic carbocycles. The number of hydrogen-bond acceptors (Lipinski definition) is 5. The van der Waals surface area contributed by atoms with Crippen molar-refractivity contribution in [2.24, 2.45) is 11.5 Å². The van der Waals surface area contributed by atoms with Gasteiger partial charge in [-0.1, -0.05) is 0 Å². The summed E-state index contributed by atoms with van der Waals surface area (Å²) in [5, 5.41) is 4.36. The van der Waals surface area contributed by atoms with Crippen molar-refractivity contribution in [3.8, 4) is 0 Å². The molecule has 0 bridgehead atoms. The second-order valence-corrected chi connectivity index (χ2v) is 7.27. The van der Waals surface area contributed by atoms with E-state index in [0.29, 0.717) is 25.6 Å². The summed E-state index contributed by atoms with van der Waals surface area (Å²) in [4.78, 5) is 13.1. The number of hydrogen-bond donors (Lipinski definition) is 2. The zero-order chi connectivity index (χ0) is 20.0. The molecule has 2 aliphatic heterocycles. The van der Waals surface area contributed by atoms with Crippen LogP contribution in [0.25, 0.3) is 0 Å². The maximum atomic E-state index is 14.1. The smallest absolute Gasteiger partial charge is 0.239 e. The van der Waals surface area contributed by atoms with Crippen LogP contribution in [0.4, 0.5) is 13.2 Å². The molecule has 28 heavy (non-hydrogen) atoms. The standard InChI is InChI=1S/C18H20F3N5O2/c19-12-3-14(21)13(20)2-11(12)18-15(22)1-10(8-28-18)25-4-9-5-26(7-17(23)27)24-16(9)6-25/h2-3,5,10,15,18H,1,4,6-8,22H2,(H2,23,27)/t10?,15?,18-/m1/s1. The zero-order valence-electron chi connectivity index (χ0n) is 14.9. The van der Waals surface area contributed by atoms with Gasteiger partial charge in [-0.2, -0.15) is 5.10 Å². The molecule has 2 aromatic rings. The predicted octanol–water partition coefficient (Wildman–Crippen LogP) is 0.959. The highest BCUT2D eigenvalue weighted by Gasteiger charge is 2.37. The van der Waals surface area contributed by atoms with Crippen LogP contribution < -0.4 is 11.5 Å². The number of nitrogens with zero attached hydrogens (tertiary/aromatic N) is 3. The Morgan fingerprint density at radius 3 is 2.64 bits per heavy atom. The van der Waals surface area contributed by atoms with Crippen LogP contribution >= 0.6 is 0 Å². The third kappa shape index (κ3) is 3.50. The fraction of sp³-hybridized carbons (Fsp3) is 0.444. The number of ether oxygens (including phenoxy) is 1. The number of benzene rings is 1. The zero-order valence-corrected chi connectivity index (χ0v) is 14.9. The summed E-state index contributed by atoms with van der Waals surface area (Å²) in [5.41, 5.74) is 13.2. The normalized spacial score (nSPS) is 25.1. The van der Waals surface area contributed by atoms with Crippen molar-refractivity contribution in [2.75, 3.05) is 6.61 Å². The van der Waals surface area contributed by atoms with Gasteiger partial charge in [-0.05, 0) is 12.5 Å². The number of primary amides is 1. The van der Waals surface area contributed by atoms with Crippen LogP contribution in [0.15, 0.2) is 18.3 Å². The molecule has 1 fully saturated rings. The van der Waals surface area contributed by atoms with E-state index in [0.717, 1.165) is 17.3 Å². The van der Waals surface area contributed by atoms with Gasteiger partial charge in [-0.25, -0.2) is 13.2 Å². The molecule has 3 atom stereocenters. The molecule has 1 aromatic carbocycles. The number of fused-ring (bicyclic) bond motifs is 1. The lowest BCUT2D eigenvalue weighted by atomic mass is 9.93. The molecule has 1 saturated heterocycles. The first kappa shape index (κ1) is 18.9. The van der Waals surface area contributed by atoms with Gasteiger partial charge in [0.1, 0.15) is 18.5 Å². The van der Waals surface area contributed by atoms with Crippen molar-refractivity contribution in [1.82, 2.24) is 14.7 Å². The number of rotatable bonds is 4. The highest BCUT2D eigenvalue weighted by molar-refractivity contribution is 5.73. The fourth-order valence-electron chi connectivity index (χ4n) is 3.91. The minimum atomic E-state index is -1.24. The fourth-order valence-corrected chi connectivity index (χ4v) is 3.91. The Kier molecular flexibility index (Phi) is 4.86. The third-order valence-electron chi connectivity index (χ3n) is 5.23. The van der Waals surface area contributed by atoms with Gasteiger partial charge in [0.15, 0.2) is 11.6 Å². The number of carbonyl (C=O) groups is 1. The third-order valence-corrected chi connectivity index (χ3v) is 5.23. The minimum Gasteiger partial charge on any atom is -0.370 e. The summed E-state index contributed by atoms with van der Waals surface area (Å²) < 4.78 is 48.0. The highest BCUT2D eigenvalue weighted by atomic mass is 19.2. The van der Waals surface area contributed by atoms with Crippen molar-refractivity contribution in [1.29, 1.82) is 0 Å². The number of nitrogens with two attached hydrogens (primary N) is 2. The first-order chi connectivity index (χ1) is 13.3. The Bertz CT molecular complexity index is 895. The second kappa shape index (κ2) is 7.19. The Morgan fingerprint density at radius 1 is 1.21 bits per heavy atom. The largest absolute Gasteiger partial charge is 0.370 e. The molecular formula is C18H20F3N5O2. The lowest BCUT2D eigenvalue weighted by molar-refractivity contribution is -0.118. The van der Waals surface area contributed by atoms with Gasteiger partial charge in [0, 0.05) is 48.6 Å². The van der Waals surface area contributed by atoms with Crippen LogP contribution in [0.3, 0.4) is 0 Å². The van der Waals surface area contributed by atoms with Crippen LogP contribution in [0, 0.1) is 17.5 Å². The van der Waals surface area contributed by atoms with E-state index >= 15 is 0 Å². The average molecular weight is 395 g/mol. The molecule has 150 valence electrons. The van der Waals surface area contributed by atoms with Crippen molar-refractivity contribution in [3.63, 3.8) is 0 Å². The van der Waals surface area contributed by atoms with E-state index in [1.54, 1.807) is 6.20 Å². The van der Waals surface area contributed by atoms with Crippen molar-refractivity contribution >= 4 is 5.91 Å². The number of amides is 1. The summed E-state index contributed by atoms with van der Waals surface area (Å²) >= 11 is 0. The molecule has 4 rings (SSSR count). The predicted molar refractivity (Wildman–Crippen MR) is 92.1 cm³/mol. The van der Waals surface area contributed by atoms with E-state index in [1.807, 2.05) is 0 Å². The molecule has 10 heteroatoms. The van der Waals surface area contributed by atoms with Gasteiger partial charge in [0.05, 0.1) is 12.3 Å². The Morgan fingerprint density at radius 2 is 1.96 bits per heavy atom. The quantitative estimate of drug-likeness (QED) is 0.752. The minimum absolute atomic E-state index is 0.0154. The summed E-state index contributed by atoms with van der Waals surface area (Å²) in [6.07, 6.45) is 1.47. The Labute approximate surface area is 159 Å². The van der Waals surface area contributed by atoms with Gasteiger partial charge in [0.2, 0.25) is 5.91 Å². The van der Waals surface area contributed by atoms with Crippen molar-refractivity contribution in [3.05, 3.63) is 52.6 Å². The van der Waals surface area contributed by atoms with E-state index in [-0.39, 0.29) is 24.8 Å². The van der Waals surface area contributed by atoms with Crippen LogP contribution in [-0.4, -0.2) is 39.3 Å². The maximum Gasteiger partial charge on any atom is 0.239 e. The summed E-state index contributed by atoms with van der Waals surface area (Å²) in [6.45, 7) is 1.51. The van der Waals surface area contributed by atoms with Gasteiger partial charge >= 0.3 is 0 Å². The molecule has 0 saturated carbocycles. The number of carbonyl (C=O) groups excluding carboxylic acids is 1. The van der Waals surface area contributed by atoms with Crippen LogP contribution in [0.1, 0.15) is 29.3 Å². The highest BCUT2D eigenvalue weighted by Crippen LogP contribution is 2.34. The summed E-state index contributed by atoms with van der Waals surface area (Å²) in [5.74, 6) is -3.71. The van der Waals surface area contributed by atoms with E-state index in [2.05, 4.69) is 10.00 Å². The van der Waals surface area contributed by atoms with Crippen LogP contribution in [0.2, 0.25) is 0 Å². The molecule has 7 nitrogen and oxygen atoms in total. The van der Waals surface area contributed by atoms with Crippen LogP contribution in [-0.2, 0) is 29.2 Å². The van der Waals surface area contributed by atoms with Gasteiger partial charge in [0.25, 0.3) is 0 Å². The lowest BCUT2D eigenvalue weighted by Gasteiger charge is -2.38. The molecule has 3 heterocycles. The molecule has 4 N–H and O–H groups in total. The molecular weight excluding hydrogens is 375 g/mol. The van der Waals surface area contributed by atoms with Crippen molar-refractivity contribution < 1.29 is 22.7 Å². The molecule has 1 aromatic heterocycles.